The van der Waals surface area contributed by atoms with Gasteiger partial charge in [-0.1, -0.05) is 17.3 Å². The van der Waals surface area contributed by atoms with Gasteiger partial charge in [0.25, 0.3) is 0 Å². The van der Waals surface area contributed by atoms with Crippen molar-refractivity contribution < 1.29 is 8.91 Å². The summed E-state index contributed by atoms with van der Waals surface area (Å²) < 4.78 is 18.0. The molecule has 1 unspecified atom stereocenters. The molecule has 0 saturated heterocycles. The normalized spacial score (nSPS) is 14.6. The number of nitrogens with two attached hydrogens (primary N) is 1. The van der Waals surface area contributed by atoms with E-state index in [9.17, 15) is 4.39 Å². The summed E-state index contributed by atoms with van der Waals surface area (Å²) in [5.41, 5.74) is 6.16. The highest BCUT2D eigenvalue weighted by Gasteiger charge is 2.27. The number of halogens is 1. The molecule has 2 aromatic rings. The summed E-state index contributed by atoms with van der Waals surface area (Å²) in [6.07, 6.45) is 0.448. The van der Waals surface area contributed by atoms with Crippen molar-refractivity contribution in [2.24, 2.45) is 5.73 Å². The number of aromatic nitrogens is 2. The highest BCUT2D eigenvalue weighted by atomic mass is 19.1. The molecule has 0 aliphatic carbocycles. The lowest BCUT2D eigenvalue weighted by atomic mass is 9.93. The van der Waals surface area contributed by atoms with E-state index in [1.807, 2.05) is 6.07 Å². The van der Waals surface area contributed by atoms with Crippen molar-refractivity contribution in [1.82, 2.24) is 10.1 Å². The summed E-state index contributed by atoms with van der Waals surface area (Å²) in [6, 6.07) is 6.33. The van der Waals surface area contributed by atoms with Gasteiger partial charge in [-0.2, -0.15) is 4.98 Å². The number of benzene rings is 1. The topological polar surface area (TPSA) is 64.9 Å². The molecule has 0 saturated carbocycles. The summed E-state index contributed by atoms with van der Waals surface area (Å²) in [6.45, 7) is 3.50. The Morgan fingerprint density at radius 2 is 2.24 bits per heavy atom. The minimum Gasteiger partial charge on any atom is -0.340 e. The summed E-state index contributed by atoms with van der Waals surface area (Å²) in [4.78, 5) is 4.10. The van der Waals surface area contributed by atoms with Crippen LogP contribution in [0.2, 0.25) is 0 Å². The molecule has 0 aliphatic rings. The Morgan fingerprint density at radius 3 is 2.82 bits per heavy atom. The number of aryl methyl sites for hydroxylation is 1. The Bertz CT molecular complexity index is 522. The molecule has 4 nitrogen and oxygen atoms in total. The Kier molecular flexibility index (Phi) is 2.93. The average molecular weight is 235 g/mol. The van der Waals surface area contributed by atoms with Crippen molar-refractivity contribution in [3.8, 4) is 0 Å². The Labute approximate surface area is 98.6 Å². The van der Waals surface area contributed by atoms with Crippen molar-refractivity contribution in [2.75, 3.05) is 0 Å². The molecule has 0 aliphatic heterocycles. The van der Waals surface area contributed by atoms with Gasteiger partial charge in [-0.25, -0.2) is 4.39 Å². The average Bonchev–Trinajstić information content (AvgIpc) is 2.65. The predicted octanol–water partition coefficient (Wildman–Crippen LogP) is 1.93. The van der Waals surface area contributed by atoms with Gasteiger partial charge in [0.05, 0.1) is 5.54 Å². The lowest BCUT2D eigenvalue weighted by Crippen LogP contribution is -2.36. The summed E-state index contributed by atoms with van der Waals surface area (Å²) in [5.74, 6) is 0.623. The molecule has 2 rings (SSSR count). The predicted molar refractivity (Wildman–Crippen MR) is 60.7 cm³/mol. The fourth-order valence-electron chi connectivity index (χ4n) is 1.68. The maximum Gasteiger partial charge on any atom is 0.223 e. The van der Waals surface area contributed by atoms with E-state index in [4.69, 9.17) is 10.3 Å². The fraction of sp³-hybridized carbons (Fsp3) is 0.333. The maximum atomic E-state index is 13.1. The van der Waals surface area contributed by atoms with E-state index in [-0.39, 0.29) is 5.82 Å². The van der Waals surface area contributed by atoms with Gasteiger partial charge in [0.1, 0.15) is 5.82 Å². The quantitative estimate of drug-likeness (QED) is 0.882. The van der Waals surface area contributed by atoms with Gasteiger partial charge in [-0.05, 0) is 31.0 Å². The van der Waals surface area contributed by atoms with E-state index < -0.39 is 5.54 Å². The zero-order valence-electron chi connectivity index (χ0n) is 9.77. The Morgan fingerprint density at radius 1 is 1.47 bits per heavy atom. The standard InChI is InChI=1S/C12H14FN3O/c1-8-15-11(16-17-8)12(2,14)7-9-4-3-5-10(13)6-9/h3-6H,7,14H2,1-2H3. The fourth-order valence-corrected chi connectivity index (χ4v) is 1.68. The van der Waals surface area contributed by atoms with Crippen LogP contribution in [0.3, 0.4) is 0 Å². The second-order valence-electron chi connectivity index (χ2n) is 4.36. The van der Waals surface area contributed by atoms with Crippen LogP contribution in [0, 0.1) is 12.7 Å². The monoisotopic (exact) mass is 235 g/mol. The van der Waals surface area contributed by atoms with Crippen molar-refractivity contribution in [3.05, 3.63) is 47.4 Å². The largest absolute Gasteiger partial charge is 0.340 e. The second kappa shape index (κ2) is 4.25. The first-order chi connectivity index (χ1) is 7.97. The lowest BCUT2D eigenvalue weighted by molar-refractivity contribution is 0.363. The molecule has 1 aromatic carbocycles. The maximum absolute atomic E-state index is 13.1. The molecule has 0 radical (unpaired) electrons. The molecule has 0 fully saturated rings. The molecular weight excluding hydrogens is 221 g/mol. The van der Waals surface area contributed by atoms with Crippen LogP contribution in [0.15, 0.2) is 28.8 Å². The van der Waals surface area contributed by atoms with Gasteiger partial charge in [-0.15, -0.1) is 0 Å². The second-order valence-corrected chi connectivity index (χ2v) is 4.36. The van der Waals surface area contributed by atoms with Crippen molar-refractivity contribution in [1.29, 1.82) is 0 Å². The summed E-state index contributed by atoms with van der Waals surface area (Å²) >= 11 is 0. The van der Waals surface area contributed by atoms with Gasteiger partial charge in [0, 0.05) is 6.92 Å². The third kappa shape index (κ3) is 2.68. The van der Waals surface area contributed by atoms with E-state index in [2.05, 4.69) is 10.1 Å². The van der Waals surface area contributed by atoms with Gasteiger partial charge in [0.2, 0.25) is 5.89 Å². The molecule has 90 valence electrons. The number of hydrogen-bond acceptors (Lipinski definition) is 4. The Hall–Kier alpha value is -1.75. The van der Waals surface area contributed by atoms with Crippen molar-refractivity contribution in [3.63, 3.8) is 0 Å². The molecule has 0 amide bonds. The van der Waals surface area contributed by atoms with Crippen LogP contribution in [0.1, 0.15) is 24.2 Å². The van der Waals surface area contributed by atoms with Crippen LogP contribution in [0.5, 0.6) is 0 Å². The smallest absolute Gasteiger partial charge is 0.223 e. The molecule has 0 bridgehead atoms. The molecule has 0 spiro atoms. The van der Waals surface area contributed by atoms with Crippen molar-refractivity contribution in [2.45, 2.75) is 25.8 Å². The van der Waals surface area contributed by atoms with Crippen LogP contribution in [-0.4, -0.2) is 10.1 Å². The number of rotatable bonds is 3. The van der Waals surface area contributed by atoms with Gasteiger partial charge < -0.3 is 10.3 Å². The van der Waals surface area contributed by atoms with Crippen LogP contribution in [0.25, 0.3) is 0 Å². The molecular formula is C12H14FN3O. The van der Waals surface area contributed by atoms with E-state index in [1.165, 1.54) is 12.1 Å². The first kappa shape index (κ1) is 11.7. The van der Waals surface area contributed by atoms with E-state index >= 15 is 0 Å². The van der Waals surface area contributed by atoms with E-state index in [1.54, 1.807) is 19.9 Å². The molecule has 2 N–H and O–H groups in total. The molecule has 5 heteroatoms. The van der Waals surface area contributed by atoms with E-state index in [0.29, 0.717) is 18.1 Å². The highest BCUT2D eigenvalue weighted by molar-refractivity contribution is 5.20. The first-order valence-corrected chi connectivity index (χ1v) is 5.31. The number of hydrogen-bond donors (Lipinski definition) is 1. The van der Waals surface area contributed by atoms with Crippen LogP contribution < -0.4 is 5.73 Å². The van der Waals surface area contributed by atoms with Crippen LogP contribution in [-0.2, 0) is 12.0 Å². The molecule has 1 atom stereocenters. The molecule has 1 aromatic heterocycles. The highest BCUT2D eigenvalue weighted by Crippen LogP contribution is 2.20. The minimum absolute atomic E-state index is 0.275. The summed E-state index contributed by atoms with van der Waals surface area (Å²) in [7, 11) is 0. The molecule has 1 heterocycles. The van der Waals surface area contributed by atoms with Crippen LogP contribution >= 0.6 is 0 Å². The number of nitrogens with zero attached hydrogens (tertiary/aromatic N) is 2. The zero-order valence-corrected chi connectivity index (χ0v) is 9.77. The Balaban J connectivity index is 2.22. The summed E-state index contributed by atoms with van der Waals surface area (Å²) in [5, 5.41) is 3.80. The third-order valence-electron chi connectivity index (χ3n) is 2.50. The minimum atomic E-state index is -0.772. The first-order valence-electron chi connectivity index (χ1n) is 5.31. The SMILES string of the molecule is Cc1nc(C(C)(N)Cc2cccc(F)c2)no1. The van der Waals surface area contributed by atoms with Crippen LogP contribution in [0.4, 0.5) is 4.39 Å². The molecule has 17 heavy (non-hydrogen) atoms. The zero-order chi connectivity index (χ0) is 12.5. The van der Waals surface area contributed by atoms with Gasteiger partial charge in [0.15, 0.2) is 5.82 Å². The van der Waals surface area contributed by atoms with Crippen molar-refractivity contribution >= 4 is 0 Å². The lowest BCUT2D eigenvalue weighted by Gasteiger charge is -2.20. The van der Waals surface area contributed by atoms with Gasteiger partial charge in [-0.3, -0.25) is 0 Å². The van der Waals surface area contributed by atoms with Gasteiger partial charge >= 0.3 is 0 Å². The van der Waals surface area contributed by atoms with E-state index in [0.717, 1.165) is 5.56 Å². The third-order valence-corrected chi connectivity index (χ3v) is 2.50.